The third-order valence-electron chi connectivity index (χ3n) is 3.17. The van der Waals surface area contributed by atoms with E-state index in [1.165, 1.54) is 0 Å². The Morgan fingerprint density at radius 1 is 1.16 bits per heavy atom. The Balaban J connectivity index is 2.80. The molecule has 2 N–H and O–H groups in total. The number of nitriles is 1. The van der Waals surface area contributed by atoms with Crippen LogP contribution in [0.25, 0.3) is 0 Å². The zero-order valence-electron chi connectivity index (χ0n) is 15.6. The van der Waals surface area contributed by atoms with Gasteiger partial charge in [-0.25, -0.2) is 4.79 Å². The van der Waals surface area contributed by atoms with Crippen molar-refractivity contribution in [3.05, 3.63) is 35.4 Å². The van der Waals surface area contributed by atoms with Crippen LogP contribution in [0.2, 0.25) is 0 Å². The standard InChI is InChI=1S/C19H27N3O3/c1-13(2)21-17(23)11-16(22-18(24)25-19(3,4)5)10-14-6-8-15(12-20)9-7-14/h6-9,13,16H,10-11H2,1-5H3,(H,21,23)(H,22,24)/t16-/m1/s1. The van der Waals surface area contributed by atoms with Gasteiger partial charge in [0.15, 0.2) is 0 Å². The minimum Gasteiger partial charge on any atom is -0.444 e. The largest absolute Gasteiger partial charge is 0.444 e. The molecule has 0 bridgehead atoms. The number of alkyl carbamates (subject to hydrolysis) is 1. The predicted octanol–water partition coefficient (Wildman–Crippen LogP) is 2.91. The van der Waals surface area contributed by atoms with Crippen molar-refractivity contribution >= 4 is 12.0 Å². The van der Waals surface area contributed by atoms with E-state index in [1.54, 1.807) is 32.9 Å². The van der Waals surface area contributed by atoms with Crippen LogP contribution >= 0.6 is 0 Å². The molecule has 0 aromatic heterocycles. The number of ether oxygens (including phenoxy) is 1. The van der Waals surface area contributed by atoms with Crippen LogP contribution in [0.5, 0.6) is 0 Å². The molecule has 0 heterocycles. The molecule has 0 saturated carbocycles. The molecule has 6 heteroatoms. The van der Waals surface area contributed by atoms with Crippen LogP contribution in [-0.4, -0.2) is 29.7 Å². The zero-order chi connectivity index (χ0) is 19.0. The van der Waals surface area contributed by atoms with Gasteiger partial charge in [-0.05, 0) is 58.7 Å². The molecular formula is C19H27N3O3. The molecule has 1 aromatic rings. The van der Waals surface area contributed by atoms with Crippen LogP contribution in [-0.2, 0) is 16.0 Å². The van der Waals surface area contributed by atoms with E-state index in [9.17, 15) is 9.59 Å². The second kappa shape index (κ2) is 9.07. The van der Waals surface area contributed by atoms with Crippen molar-refractivity contribution in [1.82, 2.24) is 10.6 Å². The molecule has 0 aliphatic rings. The lowest BCUT2D eigenvalue weighted by Crippen LogP contribution is -2.43. The van der Waals surface area contributed by atoms with Crippen molar-refractivity contribution in [3.8, 4) is 6.07 Å². The second-order valence-electron chi connectivity index (χ2n) is 7.28. The van der Waals surface area contributed by atoms with E-state index in [4.69, 9.17) is 10.00 Å². The summed E-state index contributed by atoms with van der Waals surface area (Å²) < 4.78 is 5.28. The van der Waals surface area contributed by atoms with Gasteiger partial charge in [0, 0.05) is 18.5 Å². The van der Waals surface area contributed by atoms with Gasteiger partial charge in [-0.1, -0.05) is 12.1 Å². The number of benzene rings is 1. The molecular weight excluding hydrogens is 318 g/mol. The average Bonchev–Trinajstić information content (AvgIpc) is 2.44. The molecule has 1 aromatic carbocycles. The normalized spacial score (nSPS) is 12.2. The Bertz CT molecular complexity index is 625. The average molecular weight is 345 g/mol. The van der Waals surface area contributed by atoms with Gasteiger partial charge in [-0.2, -0.15) is 5.26 Å². The molecule has 0 radical (unpaired) electrons. The number of hydrogen-bond donors (Lipinski definition) is 2. The zero-order valence-corrected chi connectivity index (χ0v) is 15.6. The van der Waals surface area contributed by atoms with Gasteiger partial charge in [-0.15, -0.1) is 0 Å². The monoisotopic (exact) mass is 345 g/mol. The van der Waals surface area contributed by atoms with Crippen molar-refractivity contribution in [2.24, 2.45) is 0 Å². The van der Waals surface area contributed by atoms with Gasteiger partial charge in [-0.3, -0.25) is 4.79 Å². The van der Waals surface area contributed by atoms with E-state index >= 15 is 0 Å². The van der Waals surface area contributed by atoms with Crippen LogP contribution in [0.4, 0.5) is 4.79 Å². The van der Waals surface area contributed by atoms with E-state index in [0.717, 1.165) is 5.56 Å². The predicted molar refractivity (Wildman–Crippen MR) is 95.9 cm³/mol. The summed E-state index contributed by atoms with van der Waals surface area (Å²) in [6.45, 7) is 9.12. The maximum absolute atomic E-state index is 12.1. The lowest BCUT2D eigenvalue weighted by Gasteiger charge is -2.24. The maximum atomic E-state index is 12.1. The Labute approximate surface area is 149 Å². The number of hydrogen-bond acceptors (Lipinski definition) is 4. The van der Waals surface area contributed by atoms with Gasteiger partial charge in [0.05, 0.1) is 11.6 Å². The van der Waals surface area contributed by atoms with E-state index < -0.39 is 17.7 Å². The lowest BCUT2D eigenvalue weighted by atomic mass is 10.0. The maximum Gasteiger partial charge on any atom is 0.407 e. The third-order valence-corrected chi connectivity index (χ3v) is 3.17. The van der Waals surface area contributed by atoms with Crippen molar-refractivity contribution < 1.29 is 14.3 Å². The molecule has 25 heavy (non-hydrogen) atoms. The first-order chi connectivity index (χ1) is 11.6. The number of carbonyl (C=O) groups excluding carboxylic acids is 2. The van der Waals surface area contributed by atoms with Gasteiger partial charge in [0.1, 0.15) is 5.60 Å². The van der Waals surface area contributed by atoms with Crippen molar-refractivity contribution in [1.29, 1.82) is 5.26 Å². The van der Waals surface area contributed by atoms with Crippen molar-refractivity contribution in [2.45, 2.75) is 65.1 Å². The third kappa shape index (κ3) is 8.75. The minimum absolute atomic E-state index is 0.0320. The van der Waals surface area contributed by atoms with E-state index in [1.807, 2.05) is 26.0 Å². The Kier molecular flexibility index (Phi) is 7.43. The number of nitrogens with one attached hydrogen (secondary N) is 2. The lowest BCUT2D eigenvalue weighted by molar-refractivity contribution is -0.122. The Hall–Kier alpha value is -2.55. The molecule has 1 atom stereocenters. The topological polar surface area (TPSA) is 91.2 Å². The van der Waals surface area contributed by atoms with Crippen molar-refractivity contribution in [2.75, 3.05) is 0 Å². The SMILES string of the molecule is CC(C)NC(=O)C[C@@H](Cc1ccc(C#N)cc1)NC(=O)OC(C)(C)C. The summed E-state index contributed by atoms with van der Waals surface area (Å²) in [5.74, 6) is -0.135. The highest BCUT2D eigenvalue weighted by molar-refractivity contribution is 5.78. The first-order valence-corrected chi connectivity index (χ1v) is 8.37. The summed E-state index contributed by atoms with van der Waals surface area (Å²) in [4.78, 5) is 24.1. The van der Waals surface area contributed by atoms with Gasteiger partial charge in [0.2, 0.25) is 5.91 Å². The summed E-state index contributed by atoms with van der Waals surface area (Å²) in [6, 6.07) is 8.77. The molecule has 0 saturated heterocycles. The molecule has 0 fully saturated rings. The summed E-state index contributed by atoms with van der Waals surface area (Å²) >= 11 is 0. The number of rotatable bonds is 6. The van der Waals surface area contributed by atoms with E-state index in [2.05, 4.69) is 16.7 Å². The molecule has 136 valence electrons. The van der Waals surface area contributed by atoms with E-state index in [-0.39, 0.29) is 18.4 Å². The number of amides is 2. The number of carbonyl (C=O) groups is 2. The fraction of sp³-hybridized carbons (Fsp3) is 0.526. The quantitative estimate of drug-likeness (QED) is 0.829. The fourth-order valence-electron chi connectivity index (χ4n) is 2.25. The summed E-state index contributed by atoms with van der Waals surface area (Å²) in [5, 5.41) is 14.5. The van der Waals surface area contributed by atoms with Gasteiger partial charge >= 0.3 is 6.09 Å². The van der Waals surface area contributed by atoms with Crippen LogP contribution in [0, 0.1) is 11.3 Å². The minimum atomic E-state index is -0.608. The molecule has 0 unspecified atom stereocenters. The highest BCUT2D eigenvalue weighted by Gasteiger charge is 2.22. The molecule has 0 aliphatic carbocycles. The first kappa shape index (κ1) is 20.5. The van der Waals surface area contributed by atoms with Crippen molar-refractivity contribution in [3.63, 3.8) is 0 Å². The molecule has 0 aliphatic heterocycles. The number of nitrogens with zero attached hydrogens (tertiary/aromatic N) is 1. The fourth-order valence-corrected chi connectivity index (χ4v) is 2.25. The smallest absolute Gasteiger partial charge is 0.407 e. The van der Waals surface area contributed by atoms with Gasteiger partial charge < -0.3 is 15.4 Å². The van der Waals surface area contributed by atoms with Crippen LogP contribution in [0.1, 0.15) is 52.2 Å². The van der Waals surface area contributed by atoms with Crippen LogP contribution in [0.15, 0.2) is 24.3 Å². The second-order valence-corrected chi connectivity index (χ2v) is 7.28. The highest BCUT2D eigenvalue weighted by atomic mass is 16.6. The molecule has 0 spiro atoms. The Morgan fingerprint density at radius 2 is 1.76 bits per heavy atom. The first-order valence-electron chi connectivity index (χ1n) is 8.37. The summed E-state index contributed by atoms with van der Waals surface area (Å²) in [6.07, 6.45) is 0.0666. The van der Waals surface area contributed by atoms with Crippen LogP contribution in [0.3, 0.4) is 0 Å². The summed E-state index contributed by atoms with van der Waals surface area (Å²) in [7, 11) is 0. The molecule has 1 rings (SSSR count). The molecule has 2 amide bonds. The Morgan fingerprint density at radius 3 is 2.24 bits per heavy atom. The highest BCUT2D eigenvalue weighted by Crippen LogP contribution is 2.11. The summed E-state index contributed by atoms with van der Waals surface area (Å²) in [5.41, 5.74) is 0.888. The van der Waals surface area contributed by atoms with Gasteiger partial charge in [0.25, 0.3) is 0 Å². The van der Waals surface area contributed by atoms with E-state index in [0.29, 0.717) is 12.0 Å². The molecule has 6 nitrogen and oxygen atoms in total. The van der Waals surface area contributed by atoms with Crippen LogP contribution < -0.4 is 10.6 Å².